The number of fused-ring (bicyclic) bond motifs is 1. The summed E-state index contributed by atoms with van der Waals surface area (Å²) in [6, 6.07) is 11.4. The van der Waals surface area contributed by atoms with Crippen molar-refractivity contribution >= 4 is 46.0 Å². The van der Waals surface area contributed by atoms with Crippen LogP contribution >= 0.6 is 23.2 Å². The van der Waals surface area contributed by atoms with Gasteiger partial charge in [-0.15, -0.1) is 0 Å². The van der Waals surface area contributed by atoms with Crippen molar-refractivity contribution in [1.29, 1.82) is 0 Å². The molecule has 4 aromatic rings. The molecule has 4 rings (SSSR count). The van der Waals surface area contributed by atoms with Crippen molar-refractivity contribution < 1.29 is 9.53 Å². The standard InChI is InChI=1S/C21H17Cl2N5O4/c1-26-11-24-19-18(26)20(30)28(21(31)27(19)2)10-17(29)25-15-9-13(23)5-8-16(15)32-14-6-3-12(22)4-7-14/h3-9,11H,10H2,1-2H3,(H,25,29). The summed E-state index contributed by atoms with van der Waals surface area (Å²) in [6.45, 7) is -0.500. The maximum absolute atomic E-state index is 12.8. The first-order valence-corrected chi connectivity index (χ1v) is 10.1. The van der Waals surface area contributed by atoms with E-state index in [1.54, 1.807) is 43.4 Å². The molecule has 0 spiro atoms. The fourth-order valence-electron chi connectivity index (χ4n) is 3.19. The summed E-state index contributed by atoms with van der Waals surface area (Å²) in [6.07, 6.45) is 1.43. The number of halogens is 2. The first kappa shape index (κ1) is 21.7. The second-order valence-electron chi connectivity index (χ2n) is 7.01. The van der Waals surface area contributed by atoms with Gasteiger partial charge in [0.05, 0.1) is 12.0 Å². The number of hydrogen-bond donors (Lipinski definition) is 1. The number of nitrogens with one attached hydrogen (secondary N) is 1. The number of anilines is 1. The Bertz CT molecular complexity index is 1450. The van der Waals surface area contributed by atoms with Gasteiger partial charge in [0.1, 0.15) is 12.3 Å². The third-order valence-electron chi connectivity index (χ3n) is 4.76. The molecule has 0 aliphatic rings. The van der Waals surface area contributed by atoms with Crippen LogP contribution in [0.1, 0.15) is 0 Å². The lowest BCUT2D eigenvalue weighted by atomic mass is 10.2. The van der Waals surface area contributed by atoms with E-state index in [0.29, 0.717) is 21.5 Å². The Hall–Kier alpha value is -3.56. The van der Waals surface area contributed by atoms with Gasteiger partial charge in [-0.05, 0) is 42.5 Å². The zero-order chi connectivity index (χ0) is 23.0. The molecule has 164 valence electrons. The number of hydrogen-bond acceptors (Lipinski definition) is 5. The molecular weight excluding hydrogens is 457 g/mol. The Morgan fingerprint density at radius 1 is 1.06 bits per heavy atom. The topological polar surface area (TPSA) is 100 Å². The molecule has 0 bridgehead atoms. The number of benzene rings is 2. The number of nitrogens with zero attached hydrogens (tertiary/aromatic N) is 4. The molecule has 0 radical (unpaired) electrons. The molecule has 0 saturated heterocycles. The molecule has 9 nitrogen and oxygen atoms in total. The summed E-state index contributed by atoms with van der Waals surface area (Å²) in [5.41, 5.74) is -0.520. The normalized spacial score (nSPS) is 11.0. The van der Waals surface area contributed by atoms with Crippen molar-refractivity contribution in [3.05, 3.63) is 79.7 Å². The summed E-state index contributed by atoms with van der Waals surface area (Å²) in [5.74, 6) is 0.223. The van der Waals surface area contributed by atoms with Gasteiger partial charge in [-0.1, -0.05) is 23.2 Å². The molecule has 0 aliphatic heterocycles. The van der Waals surface area contributed by atoms with Gasteiger partial charge >= 0.3 is 5.69 Å². The third-order valence-corrected chi connectivity index (χ3v) is 5.25. The van der Waals surface area contributed by atoms with Gasteiger partial charge in [-0.25, -0.2) is 14.3 Å². The minimum Gasteiger partial charge on any atom is -0.455 e. The monoisotopic (exact) mass is 473 g/mol. The van der Waals surface area contributed by atoms with E-state index >= 15 is 0 Å². The van der Waals surface area contributed by atoms with Crippen LogP contribution in [0.25, 0.3) is 11.2 Å². The molecule has 1 amide bonds. The van der Waals surface area contributed by atoms with Crippen molar-refractivity contribution in [3.8, 4) is 11.5 Å². The van der Waals surface area contributed by atoms with Crippen molar-refractivity contribution in [1.82, 2.24) is 18.7 Å². The number of ether oxygens (including phenoxy) is 1. The maximum Gasteiger partial charge on any atom is 0.332 e. The van der Waals surface area contributed by atoms with Crippen LogP contribution in [0.3, 0.4) is 0 Å². The number of aromatic nitrogens is 4. The van der Waals surface area contributed by atoms with Crippen LogP contribution in [0, 0.1) is 0 Å². The molecule has 0 atom stereocenters. The van der Waals surface area contributed by atoms with Crippen molar-refractivity contribution in [2.45, 2.75) is 6.54 Å². The zero-order valence-corrected chi connectivity index (χ0v) is 18.5. The van der Waals surface area contributed by atoms with Crippen LogP contribution in [0.4, 0.5) is 5.69 Å². The second-order valence-corrected chi connectivity index (χ2v) is 7.88. The highest BCUT2D eigenvalue weighted by Gasteiger charge is 2.18. The van der Waals surface area contributed by atoms with Gasteiger partial charge in [0.15, 0.2) is 16.9 Å². The lowest BCUT2D eigenvalue weighted by Gasteiger charge is -2.14. The molecular formula is C21H17Cl2N5O4. The first-order chi connectivity index (χ1) is 15.2. The summed E-state index contributed by atoms with van der Waals surface area (Å²) in [7, 11) is 3.12. The van der Waals surface area contributed by atoms with Gasteiger partial charge in [0, 0.05) is 24.1 Å². The lowest BCUT2D eigenvalue weighted by Crippen LogP contribution is -2.42. The Morgan fingerprint density at radius 2 is 1.75 bits per heavy atom. The number of carbonyl (C=O) groups excluding carboxylic acids is 1. The van der Waals surface area contributed by atoms with E-state index in [-0.39, 0.29) is 16.9 Å². The number of rotatable bonds is 5. The first-order valence-electron chi connectivity index (χ1n) is 9.38. The highest BCUT2D eigenvalue weighted by atomic mass is 35.5. The lowest BCUT2D eigenvalue weighted by molar-refractivity contribution is -0.116. The highest BCUT2D eigenvalue weighted by Crippen LogP contribution is 2.32. The van der Waals surface area contributed by atoms with E-state index < -0.39 is 23.7 Å². The van der Waals surface area contributed by atoms with Crippen LogP contribution in [-0.2, 0) is 25.4 Å². The minimum atomic E-state index is -0.653. The number of aryl methyl sites for hydroxylation is 2. The SMILES string of the molecule is Cn1cnc2c1c(=O)n(CC(=O)Nc1cc(Cl)ccc1Oc1ccc(Cl)cc1)c(=O)n2C. The van der Waals surface area contributed by atoms with Gasteiger partial charge < -0.3 is 14.6 Å². The van der Waals surface area contributed by atoms with Crippen LogP contribution in [-0.4, -0.2) is 24.6 Å². The Labute approximate surface area is 191 Å². The van der Waals surface area contributed by atoms with Crippen LogP contribution < -0.4 is 21.3 Å². The van der Waals surface area contributed by atoms with Crippen LogP contribution in [0.2, 0.25) is 10.0 Å². The largest absolute Gasteiger partial charge is 0.455 e. The second kappa shape index (κ2) is 8.52. The zero-order valence-electron chi connectivity index (χ0n) is 17.0. The van der Waals surface area contributed by atoms with E-state index in [1.165, 1.54) is 28.6 Å². The van der Waals surface area contributed by atoms with E-state index in [2.05, 4.69) is 10.3 Å². The molecule has 0 aliphatic carbocycles. The fraction of sp³-hybridized carbons (Fsp3) is 0.143. The molecule has 2 aromatic carbocycles. The van der Waals surface area contributed by atoms with Crippen molar-refractivity contribution in [2.24, 2.45) is 14.1 Å². The summed E-state index contributed by atoms with van der Waals surface area (Å²) < 4.78 is 9.39. The van der Waals surface area contributed by atoms with Gasteiger partial charge in [-0.3, -0.25) is 14.2 Å². The van der Waals surface area contributed by atoms with Gasteiger partial charge in [0.2, 0.25) is 5.91 Å². The molecule has 1 N–H and O–H groups in total. The predicted molar refractivity (Wildman–Crippen MR) is 122 cm³/mol. The van der Waals surface area contributed by atoms with Crippen LogP contribution in [0.15, 0.2) is 58.4 Å². The predicted octanol–water partition coefficient (Wildman–Crippen LogP) is 3.17. The average molecular weight is 474 g/mol. The molecule has 0 saturated carbocycles. The van der Waals surface area contributed by atoms with Crippen LogP contribution in [0.5, 0.6) is 11.5 Å². The smallest absolute Gasteiger partial charge is 0.332 e. The summed E-state index contributed by atoms with van der Waals surface area (Å²) >= 11 is 12.0. The fourth-order valence-corrected chi connectivity index (χ4v) is 3.49. The van der Waals surface area contributed by atoms with Gasteiger partial charge in [-0.2, -0.15) is 0 Å². The minimum absolute atomic E-state index is 0.217. The summed E-state index contributed by atoms with van der Waals surface area (Å²) in [4.78, 5) is 42.3. The highest BCUT2D eigenvalue weighted by molar-refractivity contribution is 6.31. The van der Waals surface area contributed by atoms with E-state index in [4.69, 9.17) is 27.9 Å². The molecule has 2 aromatic heterocycles. The van der Waals surface area contributed by atoms with Crippen molar-refractivity contribution in [3.63, 3.8) is 0 Å². The number of amides is 1. The van der Waals surface area contributed by atoms with E-state index in [0.717, 1.165) is 4.57 Å². The quantitative estimate of drug-likeness (QED) is 0.479. The Kier molecular flexibility index (Phi) is 5.77. The van der Waals surface area contributed by atoms with Gasteiger partial charge in [0.25, 0.3) is 5.56 Å². The Morgan fingerprint density at radius 3 is 2.47 bits per heavy atom. The molecule has 0 fully saturated rings. The summed E-state index contributed by atoms with van der Waals surface area (Å²) in [5, 5.41) is 3.58. The average Bonchev–Trinajstić information content (AvgIpc) is 3.15. The molecule has 32 heavy (non-hydrogen) atoms. The maximum atomic E-state index is 12.8. The third kappa shape index (κ3) is 4.12. The molecule has 11 heteroatoms. The van der Waals surface area contributed by atoms with Crippen molar-refractivity contribution in [2.75, 3.05) is 5.32 Å². The molecule has 2 heterocycles. The number of imidazole rings is 1. The van der Waals surface area contributed by atoms with E-state index in [9.17, 15) is 14.4 Å². The number of carbonyl (C=O) groups is 1. The van der Waals surface area contributed by atoms with E-state index in [1.807, 2.05) is 0 Å². The molecule has 0 unspecified atom stereocenters. The Balaban J connectivity index is 1.63.